The van der Waals surface area contributed by atoms with Gasteiger partial charge in [-0.05, 0) is 25.8 Å². The number of pyridine rings is 1. The molecule has 0 spiro atoms. The van der Waals surface area contributed by atoms with Gasteiger partial charge < -0.3 is 10.0 Å². The second kappa shape index (κ2) is 5.34. The number of hydrogen-bond acceptors (Lipinski definition) is 3. The van der Waals surface area contributed by atoms with E-state index in [1.807, 2.05) is 0 Å². The fraction of sp³-hybridized carbons (Fsp3) is 0.462. The molecule has 114 valence electrons. The number of rotatable bonds is 2. The molecule has 21 heavy (non-hydrogen) atoms. The number of hydrogen-bond donors (Lipinski definition) is 1. The van der Waals surface area contributed by atoms with E-state index in [1.165, 1.54) is 6.92 Å². The first-order valence-electron chi connectivity index (χ1n) is 6.29. The maximum atomic E-state index is 12.7. The molecule has 2 rings (SSSR count). The fourth-order valence-electron chi connectivity index (χ4n) is 2.33. The van der Waals surface area contributed by atoms with Gasteiger partial charge >= 0.3 is 12.1 Å². The number of likely N-dealkylation sites (tertiary alicyclic amines) is 1. The van der Waals surface area contributed by atoms with Crippen LogP contribution in [0, 0.1) is 6.92 Å². The van der Waals surface area contributed by atoms with Gasteiger partial charge in [0.15, 0.2) is 0 Å². The Bertz CT molecular complexity index is 587. The van der Waals surface area contributed by atoms with E-state index in [4.69, 9.17) is 5.11 Å². The molecule has 0 bridgehead atoms. The lowest BCUT2D eigenvalue weighted by molar-refractivity contribution is -0.141. The van der Waals surface area contributed by atoms with Gasteiger partial charge in [-0.15, -0.1) is 0 Å². The summed E-state index contributed by atoms with van der Waals surface area (Å²) in [6, 6.07) is -0.270. The largest absolute Gasteiger partial charge is 0.480 e. The van der Waals surface area contributed by atoms with Gasteiger partial charge in [-0.3, -0.25) is 9.78 Å². The topological polar surface area (TPSA) is 70.5 Å². The minimum atomic E-state index is -4.60. The van der Waals surface area contributed by atoms with Crippen LogP contribution in [-0.4, -0.2) is 39.5 Å². The summed E-state index contributed by atoms with van der Waals surface area (Å²) in [5.41, 5.74) is -1.09. The summed E-state index contributed by atoms with van der Waals surface area (Å²) in [6.07, 6.45) is -3.14. The average Bonchev–Trinajstić information content (AvgIpc) is 2.86. The van der Waals surface area contributed by atoms with Crippen molar-refractivity contribution in [2.45, 2.75) is 32.0 Å². The van der Waals surface area contributed by atoms with E-state index in [0.717, 1.165) is 11.0 Å². The highest BCUT2D eigenvalue weighted by atomic mass is 19.4. The lowest BCUT2D eigenvalue weighted by atomic mass is 10.1. The van der Waals surface area contributed by atoms with Gasteiger partial charge in [0, 0.05) is 12.7 Å². The molecular weight excluding hydrogens is 289 g/mol. The van der Waals surface area contributed by atoms with E-state index in [1.54, 1.807) is 0 Å². The molecular formula is C13H13F3N2O3. The highest BCUT2D eigenvalue weighted by Gasteiger charge is 2.37. The van der Waals surface area contributed by atoms with Gasteiger partial charge in [0.25, 0.3) is 5.91 Å². The summed E-state index contributed by atoms with van der Waals surface area (Å²) >= 11 is 0. The molecule has 1 atom stereocenters. The Morgan fingerprint density at radius 1 is 1.43 bits per heavy atom. The Morgan fingerprint density at radius 3 is 2.67 bits per heavy atom. The van der Waals surface area contributed by atoms with Crippen LogP contribution in [0.25, 0.3) is 0 Å². The second-order valence-corrected chi connectivity index (χ2v) is 4.85. The molecule has 0 radical (unpaired) electrons. The van der Waals surface area contributed by atoms with Crippen LogP contribution in [0.1, 0.15) is 34.5 Å². The Kier molecular flexibility index (Phi) is 3.89. The summed E-state index contributed by atoms with van der Waals surface area (Å²) in [4.78, 5) is 28.1. The number of aryl methyl sites for hydroxylation is 1. The van der Waals surface area contributed by atoms with Crippen molar-refractivity contribution in [3.8, 4) is 0 Å². The van der Waals surface area contributed by atoms with E-state index in [-0.39, 0.29) is 17.8 Å². The predicted octanol–water partition coefficient (Wildman–Crippen LogP) is 2.10. The number of amides is 1. The van der Waals surface area contributed by atoms with Crippen molar-refractivity contribution in [1.29, 1.82) is 0 Å². The van der Waals surface area contributed by atoms with E-state index < -0.39 is 29.7 Å². The number of halogens is 3. The van der Waals surface area contributed by atoms with E-state index in [0.29, 0.717) is 19.0 Å². The summed E-state index contributed by atoms with van der Waals surface area (Å²) in [5.74, 6) is -1.88. The first-order valence-corrected chi connectivity index (χ1v) is 6.29. The van der Waals surface area contributed by atoms with Crippen LogP contribution in [0.5, 0.6) is 0 Å². The Labute approximate surface area is 118 Å². The number of carbonyl (C=O) groups excluding carboxylic acids is 1. The molecule has 1 aromatic heterocycles. The van der Waals surface area contributed by atoms with Crippen molar-refractivity contribution < 1.29 is 27.9 Å². The number of carbonyl (C=O) groups is 2. The summed E-state index contributed by atoms with van der Waals surface area (Å²) < 4.78 is 38.1. The first-order chi connectivity index (χ1) is 9.71. The third-order valence-electron chi connectivity index (χ3n) is 3.44. The maximum Gasteiger partial charge on any atom is 0.417 e. The van der Waals surface area contributed by atoms with Crippen LogP contribution in [-0.2, 0) is 11.0 Å². The van der Waals surface area contributed by atoms with Crippen LogP contribution in [0.4, 0.5) is 13.2 Å². The van der Waals surface area contributed by atoms with E-state index in [2.05, 4.69) is 4.98 Å². The Morgan fingerprint density at radius 2 is 2.10 bits per heavy atom. The van der Waals surface area contributed by atoms with Crippen LogP contribution >= 0.6 is 0 Å². The van der Waals surface area contributed by atoms with Crippen molar-refractivity contribution in [2.75, 3.05) is 6.54 Å². The summed E-state index contributed by atoms with van der Waals surface area (Å²) in [6.45, 7) is 1.63. The molecule has 1 aliphatic heterocycles. The summed E-state index contributed by atoms with van der Waals surface area (Å²) in [5, 5.41) is 9.04. The molecule has 1 aromatic rings. The minimum absolute atomic E-state index is 0.143. The van der Waals surface area contributed by atoms with Crippen molar-refractivity contribution in [2.24, 2.45) is 0 Å². The fourth-order valence-corrected chi connectivity index (χ4v) is 2.33. The normalized spacial score (nSPS) is 18.9. The van der Waals surface area contributed by atoms with Crippen molar-refractivity contribution in [1.82, 2.24) is 9.88 Å². The number of carboxylic acid groups (broad SMARTS) is 1. The van der Waals surface area contributed by atoms with Crippen LogP contribution < -0.4 is 0 Å². The molecule has 2 heterocycles. The third kappa shape index (κ3) is 2.98. The molecule has 1 unspecified atom stereocenters. The monoisotopic (exact) mass is 302 g/mol. The molecule has 5 nitrogen and oxygen atoms in total. The lowest BCUT2D eigenvalue weighted by Gasteiger charge is -2.22. The van der Waals surface area contributed by atoms with Crippen molar-refractivity contribution >= 4 is 11.9 Å². The van der Waals surface area contributed by atoms with Crippen LogP contribution in [0.2, 0.25) is 0 Å². The number of aliphatic carboxylic acids is 1. The Hall–Kier alpha value is -2.12. The van der Waals surface area contributed by atoms with Gasteiger partial charge in [0.1, 0.15) is 6.04 Å². The van der Waals surface area contributed by atoms with Crippen LogP contribution in [0.15, 0.2) is 12.3 Å². The summed E-state index contributed by atoms with van der Waals surface area (Å²) in [7, 11) is 0. The predicted molar refractivity (Wildman–Crippen MR) is 65.7 cm³/mol. The number of nitrogens with zero attached hydrogens (tertiary/aromatic N) is 2. The number of aromatic nitrogens is 1. The van der Waals surface area contributed by atoms with E-state index in [9.17, 15) is 22.8 Å². The highest BCUT2D eigenvalue weighted by molar-refractivity contribution is 5.98. The molecule has 0 saturated carbocycles. The molecule has 8 heteroatoms. The highest BCUT2D eigenvalue weighted by Crippen LogP contribution is 2.30. The van der Waals surface area contributed by atoms with Gasteiger partial charge in [-0.1, -0.05) is 0 Å². The zero-order valence-corrected chi connectivity index (χ0v) is 11.1. The molecule has 1 aliphatic rings. The molecule has 1 fully saturated rings. The molecule has 1 N–H and O–H groups in total. The van der Waals surface area contributed by atoms with E-state index >= 15 is 0 Å². The smallest absolute Gasteiger partial charge is 0.417 e. The molecule has 1 amide bonds. The average molecular weight is 302 g/mol. The number of carboxylic acids is 1. The minimum Gasteiger partial charge on any atom is -0.480 e. The quantitative estimate of drug-likeness (QED) is 0.908. The maximum absolute atomic E-state index is 12.7. The van der Waals surface area contributed by atoms with Crippen molar-refractivity contribution in [3.05, 3.63) is 29.1 Å². The van der Waals surface area contributed by atoms with Gasteiger partial charge in [-0.2, -0.15) is 13.2 Å². The zero-order chi connectivity index (χ0) is 15.8. The zero-order valence-electron chi connectivity index (χ0n) is 11.1. The molecule has 1 saturated heterocycles. The standard InChI is InChI=1S/C13H13F3N2O3/c1-7-9(5-8(6-17-7)13(14,15)16)11(19)18-4-2-3-10(18)12(20)21/h5-6,10H,2-4H2,1H3,(H,20,21). The van der Waals surface area contributed by atoms with Gasteiger partial charge in [-0.25, -0.2) is 4.79 Å². The lowest BCUT2D eigenvalue weighted by Crippen LogP contribution is -2.40. The SMILES string of the molecule is Cc1ncc(C(F)(F)F)cc1C(=O)N1CCCC1C(=O)O. The van der Waals surface area contributed by atoms with Crippen LogP contribution in [0.3, 0.4) is 0 Å². The second-order valence-electron chi connectivity index (χ2n) is 4.85. The molecule has 0 aliphatic carbocycles. The van der Waals surface area contributed by atoms with Gasteiger partial charge in [0.2, 0.25) is 0 Å². The molecule has 0 aromatic carbocycles. The first kappa shape index (κ1) is 15.3. The van der Waals surface area contributed by atoms with Gasteiger partial charge in [0.05, 0.1) is 16.8 Å². The third-order valence-corrected chi connectivity index (χ3v) is 3.44. The number of alkyl halides is 3. The van der Waals surface area contributed by atoms with Crippen molar-refractivity contribution in [3.63, 3.8) is 0 Å². The Balaban J connectivity index is 2.37.